The highest BCUT2D eigenvalue weighted by atomic mass is 16.2. The number of hydrogen-bond acceptors (Lipinski definition) is 5. The van der Waals surface area contributed by atoms with Gasteiger partial charge in [-0.25, -0.2) is 9.97 Å². The average molecular weight is 339 g/mol. The van der Waals surface area contributed by atoms with Gasteiger partial charge in [0.1, 0.15) is 5.69 Å². The third-order valence-electron chi connectivity index (χ3n) is 4.44. The second-order valence-electron chi connectivity index (χ2n) is 6.65. The van der Waals surface area contributed by atoms with Crippen LogP contribution in [0.2, 0.25) is 0 Å². The van der Waals surface area contributed by atoms with E-state index in [4.69, 9.17) is 0 Å². The van der Waals surface area contributed by atoms with Gasteiger partial charge < -0.3 is 15.1 Å². The maximum Gasteiger partial charge on any atom is 0.272 e. The summed E-state index contributed by atoms with van der Waals surface area (Å²) in [6, 6.07) is 10.1. The van der Waals surface area contributed by atoms with Crippen molar-refractivity contribution in [2.45, 2.75) is 20.4 Å². The van der Waals surface area contributed by atoms with Crippen molar-refractivity contribution in [3.63, 3.8) is 0 Å². The maximum absolute atomic E-state index is 12.7. The monoisotopic (exact) mass is 339 g/mol. The molecule has 0 unspecified atom stereocenters. The molecule has 0 atom stereocenters. The van der Waals surface area contributed by atoms with Crippen LogP contribution in [0.1, 0.15) is 27.3 Å². The number of hydrogen-bond donors (Lipinski definition) is 1. The Labute approximate surface area is 148 Å². The SMILES string of the molecule is Cc1ccc(CNc2nc(C)cc(C(=O)N3CCN(C)CC3)n2)cc1. The van der Waals surface area contributed by atoms with E-state index >= 15 is 0 Å². The lowest BCUT2D eigenvalue weighted by Gasteiger charge is -2.32. The van der Waals surface area contributed by atoms with Crippen molar-refractivity contribution in [2.75, 3.05) is 38.5 Å². The molecule has 1 N–H and O–H groups in total. The summed E-state index contributed by atoms with van der Waals surface area (Å²) in [7, 11) is 2.07. The van der Waals surface area contributed by atoms with Crippen LogP contribution in [0.5, 0.6) is 0 Å². The summed E-state index contributed by atoms with van der Waals surface area (Å²) in [5.74, 6) is 0.482. The number of amides is 1. The van der Waals surface area contributed by atoms with Gasteiger partial charge in [-0.3, -0.25) is 4.79 Å². The van der Waals surface area contributed by atoms with Crippen molar-refractivity contribution in [1.82, 2.24) is 19.8 Å². The number of nitrogens with zero attached hydrogens (tertiary/aromatic N) is 4. The molecule has 25 heavy (non-hydrogen) atoms. The zero-order chi connectivity index (χ0) is 17.8. The number of anilines is 1. The molecule has 0 aliphatic carbocycles. The van der Waals surface area contributed by atoms with Gasteiger partial charge in [-0.05, 0) is 32.5 Å². The molecular formula is C19H25N5O. The van der Waals surface area contributed by atoms with E-state index in [1.807, 2.05) is 11.8 Å². The Bertz CT molecular complexity index is 736. The molecule has 1 aliphatic rings. The quantitative estimate of drug-likeness (QED) is 0.924. The van der Waals surface area contributed by atoms with Gasteiger partial charge >= 0.3 is 0 Å². The van der Waals surface area contributed by atoms with Crippen LogP contribution in [0.3, 0.4) is 0 Å². The lowest BCUT2D eigenvalue weighted by atomic mass is 10.1. The minimum atomic E-state index is -0.0167. The van der Waals surface area contributed by atoms with Crippen LogP contribution in [-0.4, -0.2) is 58.9 Å². The number of likely N-dealkylation sites (N-methyl/N-ethyl adjacent to an activating group) is 1. The van der Waals surface area contributed by atoms with Gasteiger partial charge in [-0.2, -0.15) is 0 Å². The molecule has 1 aromatic carbocycles. The largest absolute Gasteiger partial charge is 0.350 e. The topological polar surface area (TPSA) is 61.4 Å². The van der Waals surface area contributed by atoms with E-state index in [2.05, 4.69) is 58.4 Å². The standard InChI is InChI=1S/C19H25N5O/c1-14-4-6-16(7-5-14)13-20-19-21-15(2)12-17(22-19)18(25)24-10-8-23(3)9-11-24/h4-7,12H,8-11,13H2,1-3H3,(H,20,21,22). The third-order valence-corrected chi connectivity index (χ3v) is 4.44. The first kappa shape index (κ1) is 17.4. The van der Waals surface area contributed by atoms with E-state index in [-0.39, 0.29) is 5.91 Å². The number of carbonyl (C=O) groups is 1. The number of carbonyl (C=O) groups excluding carboxylic acids is 1. The number of aromatic nitrogens is 2. The Morgan fingerprint density at radius 2 is 1.76 bits per heavy atom. The van der Waals surface area contributed by atoms with Gasteiger partial charge in [0, 0.05) is 38.4 Å². The highest BCUT2D eigenvalue weighted by Crippen LogP contribution is 2.11. The Kier molecular flexibility index (Phi) is 5.28. The van der Waals surface area contributed by atoms with Gasteiger partial charge in [-0.1, -0.05) is 29.8 Å². The molecule has 1 fully saturated rings. The fourth-order valence-corrected chi connectivity index (χ4v) is 2.82. The van der Waals surface area contributed by atoms with Crippen LogP contribution in [0.15, 0.2) is 30.3 Å². The molecule has 3 rings (SSSR count). The minimum absolute atomic E-state index is 0.0167. The van der Waals surface area contributed by atoms with Crippen LogP contribution >= 0.6 is 0 Å². The van der Waals surface area contributed by atoms with Gasteiger partial charge in [-0.15, -0.1) is 0 Å². The van der Waals surface area contributed by atoms with Gasteiger partial charge in [0.2, 0.25) is 5.95 Å². The van der Waals surface area contributed by atoms with Crippen LogP contribution in [0, 0.1) is 13.8 Å². The molecule has 0 spiro atoms. The lowest BCUT2D eigenvalue weighted by Crippen LogP contribution is -2.47. The van der Waals surface area contributed by atoms with Gasteiger partial charge in [0.25, 0.3) is 5.91 Å². The summed E-state index contributed by atoms with van der Waals surface area (Å²) >= 11 is 0. The van der Waals surface area contributed by atoms with Crippen molar-refractivity contribution in [3.05, 3.63) is 52.8 Å². The van der Waals surface area contributed by atoms with E-state index in [9.17, 15) is 4.79 Å². The summed E-state index contributed by atoms with van der Waals surface area (Å²) < 4.78 is 0. The fourth-order valence-electron chi connectivity index (χ4n) is 2.82. The van der Waals surface area contributed by atoms with Crippen molar-refractivity contribution in [1.29, 1.82) is 0 Å². The third kappa shape index (κ3) is 4.54. The summed E-state index contributed by atoms with van der Waals surface area (Å²) in [6.07, 6.45) is 0. The first-order valence-electron chi connectivity index (χ1n) is 8.64. The van der Waals surface area contributed by atoms with Crippen molar-refractivity contribution in [3.8, 4) is 0 Å². The normalized spacial score (nSPS) is 15.2. The van der Waals surface area contributed by atoms with Crippen LogP contribution < -0.4 is 5.32 Å². The Morgan fingerprint density at radius 3 is 2.44 bits per heavy atom. The lowest BCUT2D eigenvalue weighted by molar-refractivity contribution is 0.0658. The van der Waals surface area contributed by atoms with Crippen molar-refractivity contribution >= 4 is 11.9 Å². The molecule has 0 radical (unpaired) electrons. The summed E-state index contributed by atoms with van der Waals surface area (Å²) in [4.78, 5) is 25.6. The molecule has 2 heterocycles. The van der Waals surface area contributed by atoms with E-state index in [1.165, 1.54) is 5.56 Å². The molecule has 6 nitrogen and oxygen atoms in total. The van der Waals surface area contributed by atoms with Crippen molar-refractivity contribution in [2.24, 2.45) is 0 Å². The second kappa shape index (κ2) is 7.61. The molecule has 0 bridgehead atoms. The molecule has 1 saturated heterocycles. The average Bonchev–Trinajstić information content (AvgIpc) is 2.61. The highest BCUT2D eigenvalue weighted by molar-refractivity contribution is 5.92. The number of piperazine rings is 1. The van der Waals surface area contributed by atoms with E-state index < -0.39 is 0 Å². The predicted molar refractivity (Wildman–Crippen MR) is 98.7 cm³/mol. The van der Waals surface area contributed by atoms with Crippen molar-refractivity contribution < 1.29 is 4.79 Å². The van der Waals surface area contributed by atoms with Crippen LogP contribution in [0.4, 0.5) is 5.95 Å². The highest BCUT2D eigenvalue weighted by Gasteiger charge is 2.22. The molecule has 0 saturated carbocycles. The van der Waals surface area contributed by atoms with Gasteiger partial charge in [0.15, 0.2) is 0 Å². The summed E-state index contributed by atoms with van der Waals surface area (Å²) in [5.41, 5.74) is 3.64. The molecule has 2 aromatic rings. The molecular weight excluding hydrogens is 314 g/mol. The summed E-state index contributed by atoms with van der Waals surface area (Å²) in [5, 5.41) is 3.23. The minimum Gasteiger partial charge on any atom is -0.350 e. The predicted octanol–water partition coefficient (Wildman–Crippen LogP) is 2.09. The van der Waals surface area contributed by atoms with E-state index in [0.29, 0.717) is 18.2 Å². The molecule has 132 valence electrons. The first-order valence-corrected chi connectivity index (χ1v) is 8.64. The zero-order valence-corrected chi connectivity index (χ0v) is 15.1. The number of benzene rings is 1. The fraction of sp³-hybridized carbons (Fsp3) is 0.421. The number of aryl methyl sites for hydroxylation is 2. The zero-order valence-electron chi connectivity index (χ0n) is 15.1. The number of rotatable bonds is 4. The second-order valence-corrected chi connectivity index (χ2v) is 6.65. The van der Waals surface area contributed by atoms with E-state index in [1.54, 1.807) is 6.07 Å². The Hall–Kier alpha value is -2.47. The van der Waals surface area contributed by atoms with Gasteiger partial charge in [0.05, 0.1) is 0 Å². The van der Waals surface area contributed by atoms with Crippen LogP contribution in [-0.2, 0) is 6.54 Å². The molecule has 6 heteroatoms. The first-order chi connectivity index (χ1) is 12.0. The Balaban J connectivity index is 1.69. The summed E-state index contributed by atoms with van der Waals surface area (Å²) in [6.45, 7) is 7.86. The smallest absolute Gasteiger partial charge is 0.272 e. The van der Waals surface area contributed by atoms with E-state index in [0.717, 1.165) is 37.4 Å². The molecule has 1 aliphatic heterocycles. The Morgan fingerprint density at radius 1 is 1.08 bits per heavy atom. The molecule has 1 amide bonds. The molecule has 1 aromatic heterocycles. The number of nitrogens with one attached hydrogen (secondary N) is 1. The van der Waals surface area contributed by atoms with Crippen LogP contribution in [0.25, 0.3) is 0 Å². The maximum atomic E-state index is 12.7.